The zero-order valence-corrected chi connectivity index (χ0v) is 29.4. The van der Waals surface area contributed by atoms with Crippen molar-refractivity contribution >= 4 is 59.5 Å². The lowest BCUT2D eigenvalue weighted by Gasteiger charge is -2.32. The maximum atomic E-state index is 14.2. The number of ether oxygens (including phenoxy) is 1. The van der Waals surface area contributed by atoms with Crippen LogP contribution in [0.1, 0.15) is 79.6 Å². The zero-order valence-electron chi connectivity index (χ0n) is 27.6. The molecule has 0 aliphatic carbocycles. The van der Waals surface area contributed by atoms with Crippen molar-refractivity contribution in [2.24, 2.45) is 5.92 Å². The Labute approximate surface area is 272 Å². The molecule has 2 heterocycles. The highest BCUT2D eigenvalue weighted by Gasteiger charge is 2.53. The van der Waals surface area contributed by atoms with Gasteiger partial charge in [-0.05, 0) is 109 Å². The van der Waals surface area contributed by atoms with Gasteiger partial charge in [0.2, 0.25) is 9.84 Å². The molecule has 1 N–H and O–H groups in total. The smallest absolute Gasteiger partial charge is 0.464 e. The topological polar surface area (TPSA) is 126 Å². The number of thiol groups is 1. The van der Waals surface area contributed by atoms with Crippen molar-refractivity contribution in [3.05, 3.63) is 42.0 Å². The lowest BCUT2D eigenvalue weighted by atomic mass is 9.78. The number of benzene rings is 2. The van der Waals surface area contributed by atoms with Gasteiger partial charge < -0.3 is 28.7 Å². The third kappa shape index (κ3) is 7.47. The van der Waals surface area contributed by atoms with Gasteiger partial charge in [0.15, 0.2) is 0 Å². The highest BCUT2D eigenvalue weighted by atomic mass is 32.2. The summed E-state index contributed by atoms with van der Waals surface area (Å²) >= 11 is 4.48. The van der Waals surface area contributed by atoms with E-state index in [-0.39, 0.29) is 34.4 Å². The largest absolute Gasteiger partial charge is 0.494 e. The van der Waals surface area contributed by atoms with Crippen molar-refractivity contribution in [2.75, 3.05) is 13.2 Å². The lowest BCUT2D eigenvalue weighted by Crippen LogP contribution is -2.41. The van der Waals surface area contributed by atoms with E-state index in [1.54, 1.807) is 6.07 Å². The fourth-order valence-electron chi connectivity index (χ4n) is 4.60. The number of rotatable bonds is 9. The van der Waals surface area contributed by atoms with Crippen LogP contribution in [0.25, 0.3) is 0 Å². The Balaban J connectivity index is 1.73. The van der Waals surface area contributed by atoms with E-state index in [4.69, 9.17) is 23.4 Å². The third-order valence-corrected chi connectivity index (χ3v) is 10.7. The molecule has 2 aromatic carbocycles. The number of nitrogens with one attached hydrogen (secondary N) is 1. The minimum Gasteiger partial charge on any atom is -0.464 e. The van der Waals surface area contributed by atoms with E-state index in [1.807, 2.05) is 69.2 Å². The van der Waals surface area contributed by atoms with Gasteiger partial charge in [-0.1, -0.05) is 13.8 Å². The van der Waals surface area contributed by atoms with Gasteiger partial charge in [-0.3, -0.25) is 9.59 Å². The molecular formula is C31H43B2NO9S2. The Kier molecular flexibility index (Phi) is 9.74. The van der Waals surface area contributed by atoms with Crippen molar-refractivity contribution < 1.29 is 41.4 Å². The number of sulfone groups is 1. The monoisotopic (exact) mass is 659 g/mol. The second kappa shape index (κ2) is 12.4. The van der Waals surface area contributed by atoms with E-state index in [0.29, 0.717) is 15.8 Å². The summed E-state index contributed by atoms with van der Waals surface area (Å²) in [4.78, 5) is 25.6. The van der Waals surface area contributed by atoms with Crippen LogP contribution in [-0.4, -0.2) is 70.1 Å². The number of carbonyl (C=O) groups is 2. The molecule has 2 aliphatic heterocycles. The van der Waals surface area contributed by atoms with Crippen LogP contribution in [0, 0.1) is 5.92 Å². The minimum atomic E-state index is -4.23. The molecule has 2 saturated heterocycles. The maximum Gasteiger partial charge on any atom is 0.494 e. The number of esters is 1. The van der Waals surface area contributed by atoms with Crippen molar-refractivity contribution in [3.8, 4) is 0 Å². The van der Waals surface area contributed by atoms with Crippen LogP contribution in [0.5, 0.6) is 0 Å². The summed E-state index contributed by atoms with van der Waals surface area (Å²) in [6, 6.07) is 8.81. The molecule has 45 heavy (non-hydrogen) atoms. The molecule has 2 aliphatic rings. The first kappa shape index (κ1) is 35.5. The van der Waals surface area contributed by atoms with Crippen molar-refractivity contribution in [3.63, 3.8) is 0 Å². The van der Waals surface area contributed by atoms with Gasteiger partial charge in [-0.25, -0.2) is 8.42 Å². The van der Waals surface area contributed by atoms with E-state index in [0.717, 1.165) is 0 Å². The second-order valence-electron chi connectivity index (χ2n) is 14.0. The van der Waals surface area contributed by atoms with Gasteiger partial charge in [0, 0.05) is 10.5 Å². The molecule has 0 spiro atoms. The molecule has 2 fully saturated rings. The van der Waals surface area contributed by atoms with Crippen molar-refractivity contribution in [1.82, 2.24) is 5.32 Å². The number of hydrogen-bond acceptors (Lipinski definition) is 10. The molecular weight excluding hydrogens is 616 g/mol. The third-order valence-electron chi connectivity index (χ3n) is 8.75. The molecule has 244 valence electrons. The molecule has 0 aromatic heterocycles. The van der Waals surface area contributed by atoms with Gasteiger partial charge in [0.05, 0.1) is 38.8 Å². The molecule has 0 radical (unpaired) electrons. The Morgan fingerprint density at radius 1 is 0.778 bits per heavy atom. The van der Waals surface area contributed by atoms with Crippen LogP contribution >= 0.6 is 12.6 Å². The highest BCUT2D eigenvalue weighted by molar-refractivity contribution is 7.91. The number of hydrogen-bond donors (Lipinski definition) is 2. The summed E-state index contributed by atoms with van der Waals surface area (Å²) in [6.07, 6.45) is 0. The summed E-state index contributed by atoms with van der Waals surface area (Å²) in [7, 11) is -6.00. The Morgan fingerprint density at radius 2 is 1.22 bits per heavy atom. The predicted molar refractivity (Wildman–Crippen MR) is 175 cm³/mol. The second-order valence-corrected chi connectivity index (χ2v) is 16.5. The molecule has 4 rings (SSSR count). The summed E-state index contributed by atoms with van der Waals surface area (Å²) < 4.78 is 58.3. The molecule has 14 heteroatoms. The van der Waals surface area contributed by atoms with Gasteiger partial charge >= 0.3 is 20.2 Å². The van der Waals surface area contributed by atoms with E-state index in [2.05, 4.69) is 17.9 Å². The zero-order chi connectivity index (χ0) is 33.8. The van der Waals surface area contributed by atoms with Crippen LogP contribution < -0.4 is 16.2 Å². The van der Waals surface area contributed by atoms with Crippen LogP contribution in [0.15, 0.2) is 51.1 Å². The van der Waals surface area contributed by atoms with E-state index in [1.165, 1.54) is 30.3 Å². The van der Waals surface area contributed by atoms with E-state index in [9.17, 15) is 18.0 Å². The first-order chi connectivity index (χ1) is 20.5. The van der Waals surface area contributed by atoms with Crippen molar-refractivity contribution in [2.45, 2.75) is 106 Å². The average molecular weight is 659 g/mol. The van der Waals surface area contributed by atoms with Crippen LogP contribution in [0.4, 0.5) is 0 Å². The van der Waals surface area contributed by atoms with Gasteiger partial charge in [-0.15, -0.1) is 12.6 Å². The van der Waals surface area contributed by atoms with Crippen LogP contribution in [0.3, 0.4) is 0 Å². The fourth-order valence-corrected chi connectivity index (χ4v) is 6.40. The van der Waals surface area contributed by atoms with E-state index < -0.39 is 58.4 Å². The molecule has 0 atom stereocenters. The summed E-state index contributed by atoms with van der Waals surface area (Å²) in [5, 5.41) is 2.53. The highest BCUT2D eigenvalue weighted by Crippen LogP contribution is 2.38. The Bertz CT molecular complexity index is 1560. The molecule has 0 bridgehead atoms. The van der Waals surface area contributed by atoms with Gasteiger partial charge in [0.1, 0.15) is 6.54 Å². The summed E-state index contributed by atoms with van der Waals surface area (Å²) in [5.41, 5.74) is -1.88. The number of carbonyl (C=O) groups excluding carboxylic acids is 2. The lowest BCUT2D eigenvalue weighted by molar-refractivity contribution is -0.143. The molecule has 10 nitrogen and oxygen atoms in total. The fraction of sp³-hybridized carbons (Fsp3) is 0.548. The SMILES string of the molecule is CC(C)COC(=O)CNC(=O)c1cc(B2OC(C)(C)C(C)(C)O2)cc(S(=O)(=O)c2cc(S)cc(B3OC(C)(C)C(C)(C)O3)c2)c1. The van der Waals surface area contributed by atoms with Gasteiger partial charge in [0.25, 0.3) is 5.91 Å². The first-order valence-corrected chi connectivity index (χ1v) is 16.9. The molecule has 0 unspecified atom stereocenters. The first-order valence-electron chi connectivity index (χ1n) is 14.9. The minimum absolute atomic E-state index is 0.00524. The quantitative estimate of drug-likeness (QED) is 0.237. The Hall–Kier alpha value is -2.35. The number of amides is 1. The summed E-state index contributed by atoms with van der Waals surface area (Å²) in [6.45, 7) is 18.8. The molecule has 2 aromatic rings. The average Bonchev–Trinajstić information content (AvgIpc) is 3.29. The maximum absolute atomic E-state index is 14.2. The molecule has 1 amide bonds. The Morgan fingerprint density at radius 3 is 1.69 bits per heavy atom. The normalized spacial score (nSPS) is 20.0. The molecule has 0 saturated carbocycles. The standard InChI is InChI=1S/C31H43B2NO9S2/c1-19(2)18-39-26(35)17-34-27(36)20-11-21(32-40-28(3,4)29(5,6)41-32)14-24(12-20)45(37,38)25-15-22(13-23(44)16-25)33-42-30(7,8)31(9,10)43-33/h11-16,19,44H,17-18H2,1-10H3,(H,34,36). The predicted octanol–water partition coefficient (Wildman–Crippen LogP) is 3.34. The van der Waals surface area contributed by atoms with Gasteiger partial charge in [-0.2, -0.15) is 0 Å². The van der Waals surface area contributed by atoms with Crippen LogP contribution in [0.2, 0.25) is 0 Å². The van der Waals surface area contributed by atoms with E-state index >= 15 is 0 Å². The summed E-state index contributed by atoms with van der Waals surface area (Å²) in [5.74, 6) is -1.13. The van der Waals surface area contributed by atoms with Crippen LogP contribution in [-0.2, 0) is 38.0 Å². The van der Waals surface area contributed by atoms with Crippen molar-refractivity contribution in [1.29, 1.82) is 0 Å².